The second kappa shape index (κ2) is 23.4. The fraction of sp³-hybridized carbons (Fsp3) is 0.703. The quantitative estimate of drug-likeness (QED) is 0.0454. The van der Waals surface area contributed by atoms with Crippen LogP contribution in [0, 0.1) is 10.1 Å². The van der Waals surface area contributed by atoms with Crippen LogP contribution in [0.3, 0.4) is 0 Å². The molecule has 10 atom stereocenters. The van der Waals surface area contributed by atoms with Gasteiger partial charge in [0, 0.05) is 31.7 Å². The van der Waals surface area contributed by atoms with Crippen LogP contribution in [0.5, 0.6) is 0 Å². The number of benzene rings is 1. The number of non-ortho nitro benzene ring substituents is 1. The summed E-state index contributed by atoms with van der Waals surface area (Å²) in [6, 6.07) is 3.04. The van der Waals surface area contributed by atoms with E-state index < -0.39 is 103 Å². The molecule has 1 unspecified atom stereocenters. The lowest BCUT2D eigenvalue weighted by Crippen LogP contribution is -2.67. The highest BCUT2D eigenvalue weighted by molar-refractivity contribution is 5.82. The van der Waals surface area contributed by atoms with Gasteiger partial charge >= 0.3 is 12.2 Å². The lowest BCUT2D eigenvalue weighted by Gasteiger charge is -2.46. The average molecular weight is 830 g/mol. The van der Waals surface area contributed by atoms with E-state index in [-0.39, 0.29) is 44.8 Å². The molecule has 21 nitrogen and oxygen atoms in total. The monoisotopic (exact) mass is 829 g/mol. The molecule has 0 spiro atoms. The predicted molar refractivity (Wildman–Crippen MR) is 203 cm³/mol. The van der Waals surface area contributed by atoms with Crippen molar-refractivity contribution >= 4 is 23.8 Å². The Morgan fingerprint density at radius 3 is 2.33 bits per heavy atom. The lowest BCUT2D eigenvalue weighted by atomic mass is 9.83. The standard InChI is InChI=1S/C37H59N5O16/c1-6-27(45)34(53-7-2)57-32-25(40-33(48)28(46)18-39-35(49)58-37(3,4)5)15-26(41-36(50)54-20-21-11-13-22(14-12-21)42(51)52)31(30(32)47)56-29-10-8-9-24(55-29)17-38-16-23(44)19-43/h9,11-14,23,25-32,34,38,43-47H,6-8,10,15-20H2,1-5H3,(H,39,49)(H,40,48)(H,41,50)/t23?,25-,26+,27-,28-,29-,30+,31-,32+,34-/m1/s1. The van der Waals surface area contributed by atoms with Crippen molar-refractivity contribution in [3.05, 3.63) is 51.8 Å². The number of nitrogens with one attached hydrogen (secondary N) is 4. The van der Waals surface area contributed by atoms with Gasteiger partial charge in [-0.15, -0.1) is 0 Å². The number of hydrogen-bond donors (Lipinski definition) is 9. The minimum atomic E-state index is -1.80. The maximum Gasteiger partial charge on any atom is 0.407 e. The topological polar surface area (TPSA) is 299 Å². The number of ether oxygens (including phenoxy) is 6. The molecule has 2 aliphatic rings. The first kappa shape index (κ1) is 48.2. The van der Waals surface area contributed by atoms with E-state index in [1.807, 2.05) is 0 Å². The number of aliphatic hydroxyl groups is 5. The third kappa shape index (κ3) is 15.9. The van der Waals surface area contributed by atoms with Crippen molar-refractivity contribution in [1.29, 1.82) is 0 Å². The van der Waals surface area contributed by atoms with Crippen LogP contribution >= 0.6 is 0 Å². The molecule has 0 radical (unpaired) electrons. The number of nitro groups is 1. The number of hydrogen-bond acceptors (Lipinski definition) is 17. The zero-order valence-corrected chi connectivity index (χ0v) is 33.4. The summed E-state index contributed by atoms with van der Waals surface area (Å²) in [5, 5.41) is 74.0. The van der Waals surface area contributed by atoms with Crippen molar-refractivity contribution in [2.24, 2.45) is 0 Å². The summed E-state index contributed by atoms with van der Waals surface area (Å²) in [6.45, 7) is 7.39. The van der Waals surface area contributed by atoms with Crippen molar-refractivity contribution in [3.63, 3.8) is 0 Å². The maximum atomic E-state index is 13.4. The summed E-state index contributed by atoms with van der Waals surface area (Å²) in [7, 11) is 0. The van der Waals surface area contributed by atoms with Gasteiger partial charge in [0.25, 0.3) is 11.6 Å². The van der Waals surface area contributed by atoms with Crippen molar-refractivity contribution in [3.8, 4) is 0 Å². The summed E-state index contributed by atoms with van der Waals surface area (Å²) < 4.78 is 34.7. The van der Waals surface area contributed by atoms with Crippen LogP contribution in [-0.4, -0.2) is 148 Å². The third-order valence-corrected chi connectivity index (χ3v) is 8.87. The van der Waals surface area contributed by atoms with Crippen LogP contribution in [0.25, 0.3) is 0 Å². The van der Waals surface area contributed by atoms with E-state index >= 15 is 0 Å². The number of carbonyl (C=O) groups is 3. The van der Waals surface area contributed by atoms with Crippen LogP contribution in [0.4, 0.5) is 15.3 Å². The molecule has 1 saturated carbocycles. The molecule has 0 aromatic heterocycles. The molecule has 3 amide bonds. The van der Waals surface area contributed by atoms with Crippen LogP contribution in [0.2, 0.25) is 0 Å². The maximum absolute atomic E-state index is 13.4. The number of aliphatic hydroxyl groups excluding tert-OH is 5. The molecule has 1 heterocycles. The molecular weight excluding hydrogens is 770 g/mol. The molecule has 1 aromatic carbocycles. The van der Waals surface area contributed by atoms with Crippen LogP contribution in [0.15, 0.2) is 36.1 Å². The molecule has 1 aliphatic heterocycles. The second-order valence-corrected chi connectivity index (χ2v) is 14.8. The van der Waals surface area contributed by atoms with E-state index in [2.05, 4.69) is 21.3 Å². The SMILES string of the molecule is CCO[C@H](O[C@@H]1[C@@H](O)[C@H](O[C@@H]2CCC=C(CNCC(O)CO)O2)[C@@H](NC(=O)OCc2ccc([N+](=O)[O-])cc2)C[C@H]1NC(=O)[C@H](O)CNC(=O)OC(C)(C)C)[C@H](O)CC. The Kier molecular flexibility index (Phi) is 19.4. The van der Waals surface area contributed by atoms with Gasteiger partial charge < -0.3 is 75.2 Å². The molecule has 21 heteroatoms. The Bertz CT molecular complexity index is 1490. The molecule has 0 saturated heterocycles. The van der Waals surface area contributed by atoms with Crippen LogP contribution < -0.4 is 21.3 Å². The molecule has 0 bridgehead atoms. The molecule has 3 rings (SSSR count). The molecule has 9 N–H and O–H groups in total. The van der Waals surface area contributed by atoms with E-state index in [9.17, 15) is 44.9 Å². The number of carbonyl (C=O) groups excluding carboxylic acids is 3. The highest BCUT2D eigenvalue weighted by atomic mass is 16.7. The van der Waals surface area contributed by atoms with Gasteiger partial charge in [0.2, 0.25) is 0 Å². The highest BCUT2D eigenvalue weighted by Gasteiger charge is 2.50. The van der Waals surface area contributed by atoms with Crippen molar-refractivity contribution in [1.82, 2.24) is 21.3 Å². The first-order chi connectivity index (χ1) is 27.4. The van der Waals surface area contributed by atoms with E-state index in [0.717, 1.165) is 0 Å². The Labute approximate surface area is 336 Å². The number of nitro benzene ring substituents is 1. The largest absolute Gasteiger partial charge is 0.468 e. The van der Waals surface area contributed by atoms with Crippen LogP contribution in [0.1, 0.15) is 65.9 Å². The van der Waals surface area contributed by atoms with Crippen LogP contribution in [-0.2, 0) is 39.8 Å². The Morgan fingerprint density at radius 1 is 1.02 bits per heavy atom. The van der Waals surface area contributed by atoms with E-state index in [0.29, 0.717) is 24.2 Å². The fourth-order valence-corrected chi connectivity index (χ4v) is 5.98. The number of allylic oxidation sites excluding steroid dienone is 1. The Morgan fingerprint density at radius 2 is 1.71 bits per heavy atom. The smallest absolute Gasteiger partial charge is 0.407 e. The Balaban J connectivity index is 1.89. The first-order valence-electron chi connectivity index (χ1n) is 19.2. The normalized spacial score (nSPS) is 24.2. The van der Waals surface area contributed by atoms with Gasteiger partial charge in [0.15, 0.2) is 12.6 Å². The molecule has 1 aliphatic carbocycles. The second-order valence-electron chi connectivity index (χ2n) is 14.8. The highest BCUT2D eigenvalue weighted by Crippen LogP contribution is 2.31. The summed E-state index contributed by atoms with van der Waals surface area (Å²) in [5.41, 5.74) is -0.554. The summed E-state index contributed by atoms with van der Waals surface area (Å²) in [4.78, 5) is 49.3. The summed E-state index contributed by atoms with van der Waals surface area (Å²) in [5.74, 6) is -0.526. The Hall–Kier alpha value is -4.19. The summed E-state index contributed by atoms with van der Waals surface area (Å²) in [6.07, 6.45) is -9.80. The minimum absolute atomic E-state index is 0.0839. The lowest BCUT2D eigenvalue weighted by molar-refractivity contribution is -0.384. The number of nitrogens with zero attached hydrogens (tertiary/aromatic N) is 1. The van der Waals surface area contributed by atoms with Gasteiger partial charge in [-0.25, -0.2) is 9.59 Å². The molecule has 58 heavy (non-hydrogen) atoms. The molecular formula is C37H59N5O16. The van der Waals surface area contributed by atoms with Gasteiger partial charge in [-0.05, 0) is 70.7 Å². The first-order valence-corrected chi connectivity index (χ1v) is 19.2. The van der Waals surface area contributed by atoms with Crippen molar-refractivity contribution < 1.29 is 73.3 Å². The fourth-order valence-electron chi connectivity index (χ4n) is 5.98. The average Bonchev–Trinajstić information content (AvgIpc) is 3.17. The van der Waals surface area contributed by atoms with Crippen molar-refractivity contribution in [2.75, 3.05) is 32.8 Å². The van der Waals surface area contributed by atoms with Gasteiger partial charge in [-0.3, -0.25) is 14.9 Å². The molecule has 1 aromatic rings. The minimum Gasteiger partial charge on any atom is -0.468 e. The zero-order chi connectivity index (χ0) is 43.0. The predicted octanol–water partition coefficient (Wildman–Crippen LogP) is 0.192. The summed E-state index contributed by atoms with van der Waals surface area (Å²) >= 11 is 0. The van der Waals surface area contributed by atoms with Gasteiger partial charge in [0.1, 0.15) is 48.5 Å². The van der Waals surface area contributed by atoms with E-state index in [1.165, 1.54) is 24.3 Å². The van der Waals surface area contributed by atoms with Gasteiger partial charge in [-0.1, -0.05) is 6.92 Å². The van der Waals surface area contributed by atoms with Gasteiger partial charge in [0.05, 0.1) is 42.8 Å². The molecule has 1 fully saturated rings. The van der Waals surface area contributed by atoms with Crippen molar-refractivity contribution in [2.45, 2.75) is 134 Å². The third-order valence-electron chi connectivity index (χ3n) is 8.87. The van der Waals surface area contributed by atoms with E-state index in [1.54, 1.807) is 40.7 Å². The van der Waals surface area contributed by atoms with E-state index in [4.69, 9.17) is 33.5 Å². The number of amides is 3. The zero-order valence-electron chi connectivity index (χ0n) is 33.4. The number of rotatable bonds is 21. The molecule has 328 valence electrons. The number of alkyl carbamates (subject to hydrolysis) is 2. The van der Waals surface area contributed by atoms with Gasteiger partial charge in [-0.2, -0.15) is 0 Å².